The summed E-state index contributed by atoms with van der Waals surface area (Å²) >= 11 is 0. The average Bonchev–Trinajstić information content (AvgIpc) is 0.840. The van der Waals surface area contributed by atoms with Gasteiger partial charge < -0.3 is 55.3 Å². The minimum absolute atomic E-state index is 0. The van der Waals surface area contributed by atoms with Crippen LogP contribution in [-0.2, 0) is 48.0 Å². The minimum Gasteiger partial charge on any atom is -0.486 e. The van der Waals surface area contributed by atoms with Crippen LogP contribution in [0.5, 0.6) is 23.0 Å². The fourth-order valence-electron chi connectivity index (χ4n) is 15.3. The van der Waals surface area contributed by atoms with Gasteiger partial charge in [-0.3, -0.25) is 38.4 Å². The molecule has 19 nitrogen and oxygen atoms in total. The highest BCUT2D eigenvalue weighted by molar-refractivity contribution is 6.00. The molecule has 0 aliphatic rings. The Morgan fingerprint density at radius 2 is 0.479 bits per heavy atom. The predicted molar refractivity (Wildman–Crippen MR) is 665 cm³/mol. The van der Waals surface area contributed by atoms with Crippen molar-refractivity contribution in [3.8, 4) is 23.0 Å². The molecule has 3 rings (SSSR count). The first-order chi connectivity index (χ1) is 60.2. The molecule has 2 atom stereocenters. The van der Waals surface area contributed by atoms with Gasteiger partial charge in [-0.1, -0.05) is 486 Å². The number of unbranched alkanes of at least 4 members (excludes halogenated alkanes) is 24. The third-order valence-electron chi connectivity index (χ3n) is 23.2. The second-order valence-electron chi connectivity index (χ2n) is 34.7. The Bertz CT molecular complexity index is 3010. The highest BCUT2D eigenvalue weighted by Crippen LogP contribution is 2.28. The number of Topliss-reactive ketones (excluding diaryl/α,β-unsaturated/α-hetero) is 1. The molecule has 5 N–H and O–H groups in total. The molecule has 0 aliphatic carbocycles. The summed E-state index contributed by atoms with van der Waals surface area (Å²) in [6, 6.07) is 17.2. The highest BCUT2D eigenvalue weighted by Gasteiger charge is 2.22. The van der Waals surface area contributed by atoms with Gasteiger partial charge in [0.25, 0.3) is 29.5 Å². The van der Waals surface area contributed by atoms with Crippen molar-refractivity contribution in [2.75, 3.05) is 65.7 Å². The van der Waals surface area contributed by atoms with E-state index in [0.29, 0.717) is 52.9 Å². The number of aryl methyl sites for hydroxylation is 3. The fourth-order valence-corrected chi connectivity index (χ4v) is 15.3. The summed E-state index contributed by atoms with van der Waals surface area (Å²) in [7, 11) is 0. The summed E-state index contributed by atoms with van der Waals surface area (Å²) in [6.07, 6.45) is 52.9. The van der Waals surface area contributed by atoms with E-state index in [1.54, 1.807) is 30.3 Å². The number of amides is 7. The Kier molecular flexibility index (Phi) is 175. The molecule has 0 radical (unpaired) electrons. The summed E-state index contributed by atoms with van der Waals surface area (Å²) < 4.78 is 23.8. The van der Waals surface area contributed by atoms with Crippen LogP contribution >= 0.6 is 0 Å². The zero-order valence-corrected chi connectivity index (χ0v) is 81.7. The van der Waals surface area contributed by atoms with Crippen LogP contribution in [-0.4, -0.2) is 141 Å². The summed E-state index contributed by atoms with van der Waals surface area (Å²) in [5.41, 5.74) is 3.77. The average molecular weight is 2090 g/mol. The molecule has 0 fully saturated rings. The molecule has 0 saturated carbocycles. The molecule has 0 bridgehead atoms. The lowest BCUT2D eigenvalue weighted by molar-refractivity contribution is -0.134. The van der Waals surface area contributed by atoms with Gasteiger partial charge in [0.05, 0.1) is 0 Å². The van der Waals surface area contributed by atoms with Gasteiger partial charge in [0.1, 0.15) is 29.6 Å². The first-order valence-corrected chi connectivity index (χ1v) is 50.7. The molecule has 146 heavy (non-hydrogen) atoms. The molecule has 19 heteroatoms. The Balaban J connectivity index is -0.0000000737. The maximum absolute atomic E-state index is 13.0. The number of nitrogens with zero attached hydrogens (tertiary/aromatic N) is 2. The van der Waals surface area contributed by atoms with Gasteiger partial charge >= 0.3 is 0 Å². The monoisotopic (exact) mass is 2090 g/mol. The lowest BCUT2D eigenvalue weighted by atomic mass is 9.90. The predicted octanol–water partition coefficient (Wildman–Crippen LogP) is 38.6. The molecular weight excluding hydrogens is 1820 g/mol. The maximum atomic E-state index is 13.0. The summed E-state index contributed by atoms with van der Waals surface area (Å²) in [6.45, 7) is 36.1. The van der Waals surface area contributed by atoms with Crippen LogP contribution in [0.25, 0.3) is 0 Å². The number of carbonyl (C=O) groups is 8. The SMILES string of the molecule is C.C.C.C.C.C.C.C.C.C.C.C.C.C.C.C.C.C.C.C.C.C.CCCCCC(CCCCC)CC(=O)COc1cc(CC)cc(OCC(=O)NC(CCCCC)CCCCC)c1.CCCCCCC(CCCC)NC(=O)CCNC(=O)c1cc(CC)cc(C(=O)NCCC(=O)NC(CCCC)CCCCCC)c1.CCCCCN(CCCCC)C(=O)COc1cc(CC)cc(OCC(=O)N(CCCCC)CCCCC)c1. The van der Waals surface area contributed by atoms with Crippen LogP contribution in [0.4, 0.5) is 0 Å². The van der Waals surface area contributed by atoms with E-state index in [1.165, 1.54) is 103 Å². The van der Waals surface area contributed by atoms with Crippen molar-refractivity contribution in [1.29, 1.82) is 0 Å². The molecular formula is C127H271N7O12. The zero-order valence-electron chi connectivity index (χ0n) is 81.7. The van der Waals surface area contributed by atoms with E-state index in [4.69, 9.17) is 18.9 Å². The minimum atomic E-state index is -0.310. The molecule has 7 amide bonds. The molecule has 0 heterocycles. The highest BCUT2D eigenvalue weighted by atomic mass is 16.5. The van der Waals surface area contributed by atoms with Gasteiger partial charge in [0.2, 0.25) is 11.8 Å². The maximum Gasteiger partial charge on any atom is 0.260 e. The van der Waals surface area contributed by atoms with E-state index in [2.05, 4.69) is 124 Å². The molecule has 2 unspecified atom stereocenters. The molecule has 0 saturated heterocycles. The Morgan fingerprint density at radius 1 is 0.247 bits per heavy atom. The Hall–Kier alpha value is -7.18. The van der Waals surface area contributed by atoms with Crippen LogP contribution in [0.2, 0.25) is 0 Å². The second kappa shape index (κ2) is 132. The van der Waals surface area contributed by atoms with Crippen LogP contribution < -0.4 is 45.5 Å². The van der Waals surface area contributed by atoms with Crippen LogP contribution in [0.3, 0.4) is 0 Å². The topological polar surface area (TPSA) is 240 Å². The van der Waals surface area contributed by atoms with Gasteiger partial charge in [0, 0.05) is 99.9 Å². The van der Waals surface area contributed by atoms with E-state index in [9.17, 15) is 38.4 Å². The van der Waals surface area contributed by atoms with Gasteiger partial charge in [-0.2, -0.15) is 0 Å². The van der Waals surface area contributed by atoms with Gasteiger partial charge in [0.15, 0.2) is 25.6 Å². The van der Waals surface area contributed by atoms with E-state index in [0.717, 1.165) is 235 Å². The third kappa shape index (κ3) is 100. The van der Waals surface area contributed by atoms with Crippen molar-refractivity contribution < 1.29 is 57.3 Å². The van der Waals surface area contributed by atoms with E-state index in [1.807, 2.05) is 41.0 Å². The summed E-state index contributed by atoms with van der Waals surface area (Å²) in [5, 5.41) is 15.3. The molecule has 886 valence electrons. The smallest absolute Gasteiger partial charge is 0.260 e. The molecule has 0 aromatic heterocycles. The van der Waals surface area contributed by atoms with Crippen molar-refractivity contribution in [1.82, 2.24) is 36.4 Å². The van der Waals surface area contributed by atoms with Crippen molar-refractivity contribution in [2.45, 2.75) is 606 Å². The van der Waals surface area contributed by atoms with Gasteiger partial charge in [-0.25, -0.2) is 0 Å². The molecule has 3 aromatic carbocycles. The van der Waals surface area contributed by atoms with Gasteiger partial charge in [-0.05, 0) is 149 Å². The third-order valence-corrected chi connectivity index (χ3v) is 23.2. The number of hydrogen-bond acceptors (Lipinski definition) is 12. The number of ketones is 1. The first kappa shape index (κ1) is 193. The summed E-state index contributed by atoms with van der Waals surface area (Å²) in [4.78, 5) is 107. The van der Waals surface area contributed by atoms with Gasteiger partial charge in [-0.15, -0.1) is 0 Å². The van der Waals surface area contributed by atoms with Crippen molar-refractivity contribution in [3.05, 3.63) is 82.4 Å². The number of hydrogen-bond donors (Lipinski definition) is 5. The largest absolute Gasteiger partial charge is 0.486 e. The van der Waals surface area contributed by atoms with E-state index >= 15 is 0 Å². The molecule has 0 spiro atoms. The number of nitrogens with one attached hydrogen (secondary N) is 5. The van der Waals surface area contributed by atoms with Crippen molar-refractivity contribution >= 4 is 47.1 Å². The number of rotatable bonds is 76. The van der Waals surface area contributed by atoms with Crippen LogP contribution in [0, 0.1) is 5.92 Å². The lowest BCUT2D eigenvalue weighted by Crippen LogP contribution is -2.38. The van der Waals surface area contributed by atoms with E-state index in [-0.39, 0.29) is 281 Å². The number of benzene rings is 3. The molecule has 0 aliphatic heterocycles. The zero-order chi connectivity index (χ0) is 91.4. The van der Waals surface area contributed by atoms with Crippen molar-refractivity contribution in [3.63, 3.8) is 0 Å². The molecule has 3 aromatic rings. The lowest BCUT2D eigenvalue weighted by Gasteiger charge is -2.23. The first-order valence-electron chi connectivity index (χ1n) is 50.7. The van der Waals surface area contributed by atoms with Crippen LogP contribution in [0.1, 0.15) is 606 Å². The van der Waals surface area contributed by atoms with Crippen LogP contribution in [0.15, 0.2) is 54.6 Å². The standard InChI is InChI=1S/C38H66N4O4.C35H61NO4.C32H56N2O4.22CH4/c1-6-11-15-17-21-33(19-13-8-3)41-35(43)23-25-39-37(45)31-27-30(10-5)28-32(29-31)38(46)40-26-24-36(44)42-34(20-14-9-4)22-18-16-12-7-2;1-6-11-15-19-30(20-16-12-7-2)23-32(37)27-39-33-24-29(10-5)25-34(26-33)40-28-35(38)36-31(21-17-13-8-3)22-18-14-9-4;1-6-11-15-19-33(20-16-12-7-2)31(35)26-37-29-23-28(10-5)24-30(25-29)38-27-32(36)34(21-17-13-8-3)22-18-14-9-4;;;;;;;;;;;;;;;;;;;;;;/h27-29,33-34H,6-26H2,1-5H3,(H,39,45)(H,40,46)(H,41,43)(H,42,44);24-26,30-31H,6-23,27-28H2,1-5H3,(H,36,38);23-25H,6-22,26-27H2,1-5H3;22*1H4. The quantitative estimate of drug-likeness (QED) is 0.0332. The Labute approximate surface area is 918 Å². The number of carbonyl (C=O) groups excluding carboxylic acids is 8. The van der Waals surface area contributed by atoms with E-state index < -0.39 is 0 Å². The fraction of sp³-hybridized carbons (Fsp3) is 0.795. The Morgan fingerprint density at radius 3 is 0.760 bits per heavy atom. The van der Waals surface area contributed by atoms with Crippen molar-refractivity contribution in [2.24, 2.45) is 5.92 Å². The second-order valence-corrected chi connectivity index (χ2v) is 34.7. The number of ether oxygens (including phenoxy) is 4. The summed E-state index contributed by atoms with van der Waals surface area (Å²) in [5.74, 6) is 2.39. The normalized spacial score (nSPS) is 9.79.